The maximum Gasteiger partial charge on any atom is 0.193 e. The van der Waals surface area contributed by atoms with E-state index >= 15 is 0 Å². The third kappa shape index (κ3) is 4.78. The zero-order chi connectivity index (χ0) is 15.9. The van der Waals surface area contributed by atoms with E-state index in [0.29, 0.717) is 29.3 Å². The van der Waals surface area contributed by atoms with Gasteiger partial charge in [0.2, 0.25) is 0 Å². The van der Waals surface area contributed by atoms with Crippen molar-refractivity contribution in [2.24, 2.45) is 10.7 Å². The first-order valence-electron chi connectivity index (χ1n) is 7.71. The fourth-order valence-electron chi connectivity index (χ4n) is 2.79. The van der Waals surface area contributed by atoms with Crippen LogP contribution in [0.3, 0.4) is 0 Å². The minimum Gasteiger partial charge on any atom is -0.495 e. The van der Waals surface area contributed by atoms with Gasteiger partial charge in [-0.05, 0) is 38.1 Å². The molecule has 1 fully saturated rings. The van der Waals surface area contributed by atoms with Gasteiger partial charge in [0.25, 0.3) is 0 Å². The summed E-state index contributed by atoms with van der Waals surface area (Å²) in [6, 6.07) is 6.14. The predicted molar refractivity (Wildman–Crippen MR) is 93.0 cm³/mol. The molecule has 0 radical (unpaired) electrons. The number of halogens is 1. The first-order valence-corrected chi connectivity index (χ1v) is 8.08. The Hall–Kier alpha value is -1.46. The van der Waals surface area contributed by atoms with E-state index in [1.165, 1.54) is 25.7 Å². The summed E-state index contributed by atoms with van der Waals surface area (Å²) in [5.41, 5.74) is 6.71. The van der Waals surface area contributed by atoms with Crippen LogP contribution in [0, 0.1) is 0 Å². The first kappa shape index (κ1) is 16.9. The van der Waals surface area contributed by atoms with Crippen LogP contribution >= 0.6 is 11.6 Å². The highest BCUT2D eigenvalue weighted by Gasteiger charge is 2.18. The number of hydrogen-bond donors (Lipinski definition) is 2. The minimum absolute atomic E-state index is 0.404. The maximum absolute atomic E-state index is 6.08. The van der Waals surface area contributed by atoms with E-state index in [0.717, 1.165) is 12.2 Å². The van der Waals surface area contributed by atoms with Crippen molar-refractivity contribution in [3.63, 3.8) is 0 Å². The number of nitrogens with one attached hydrogen (secondary N) is 1. The van der Waals surface area contributed by atoms with Crippen molar-refractivity contribution in [3.05, 3.63) is 23.2 Å². The molecule has 3 N–H and O–H groups in total. The molecule has 2 rings (SSSR count). The Kier molecular flexibility index (Phi) is 6.34. The third-order valence-electron chi connectivity index (χ3n) is 4.11. The Labute approximate surface area is 137 Å². The molecule has 0 spiro atoms. The fourth-order valence-corrected chi connectivity index (χ4v) is 3.05. The minimum atomic E-state index is 0.404. The number of nitrogens with two attached hydrogens (primary N) is 1. The van der Waals surface area contributed by atoms with E-state index in [1.54, 1.807) is 19.2 Å². The summed E-state index contributed by atoms with van der Waals surface area (Å²) in [6.07, 6.45) is 5.30. The molecule has 0 aliphatic heterocycles. The Bertz CT molecular complexity index is 515. The van der Waals surface area contributed by atoms with Gasteiger partial charge in [-0.25, -0.2) is 0 Å². The van der Waals surface area contributed by atoms with Gasteiger partial charge < -0.3 is 20.7 Å². The number of aliphatic imine (C=N–C) groups is 1. The van der Waals surface area contributed by atoms with Crippen LogP contribution in [0.1, 0.15) is 25.7 Å². The molecule has 1 aromatic carbocycles. The van der Waals surface area contributed by atoms with E-state index in [2.05, 4.69) is 22.3 Å². The van der Waals surface area contributed by atoms with Crippen LogP contribution in [-0.4, -0.2) is 44.1 Å². The number of guanidine groups is 1. The van der Waals surface area contributed by atoms with Crippen LogP contribution < -0.4 is 15.8 Å². The molecule has 1 saturated carbocycles. The van der Waals surface area contributed by atoms with E-state index in [-0.39, 0.29) is 0 Å². The lowest BCUT2D eigenvalue weighted by Gasteiger charge is -2.22. The Morgan fingerprint density at radius 2 is 2.18 bits per heavy atom. The summed E-state index contributed by atoms with van der Waals surface area (Å²) in [7, 11) is 3.75. The molecule has 0 aromatic heterocycles. The summed E-state index contributed by atoms with van der Waals surface area (Å²) in [5.74, 6) is 1.04. The second-order valence-electron chi connectivity index (χ2n) is 5.66. The van der Waals surface area contributed by atoms with Gasteiger partial charge in [0.15, 0.2) is 5.96 Å². The number of methoxy groups -OCH3 is 1. The molecule has 1 aliphatic carbocycles. The molecule has 0 bridgehead atoms. The third-order valence-corrected chi connectivity index (χ3v) is 4.40. The monoisotopic (exact) mass is 324 g/mol. The molecule has 0 amide bonds. The van der Waals surface area contributed by atoms with Gasteiger partial charge in [-0.1, -0.05) is 24.4 Å². The predicted octanol–water partition coefficient (Wildman–Crippen LogP) is 2.95. The van der Waals surface area contributed by atoms with Gasteiger partial charge in [0, 0.05) is 18.3 Å². The van der Waals surface area contributed by atoms with Crippen LogP contribution in [0.4, 0.5) is 5.69 Å². The van der Waals surface area contributed by atoms with Crippen molar-refractivity contribution in [2.75, 3.05) is 32.6 Å². The van der Waals surface area contributed by atoms with Crippen molar-refractivity contribution >= 4 is 23.2 Å². The lowest BCUT2D eigenvalue weighted by molar-refractivity contribution is 0.252. The molecule has 22 heavy (non-hydrogen) atoms. The molecule has 0 atom stereocenters. The maximum atomic E-state index is 6.08. The molecule has 122 valence electrons. The summed E-state index contributed by atoms with van der Waals surface area (Å²) in [6.45, 7) is 1.62. The molecule has 0 unspecified atom stereocenters. The molecule has 0 saturated heterocycles. The van der Waals surface area contributed by atoms with Crippen LogP contribution in [-0.2, 0) is 0 Å². The number of anilines is 1. The normalized spacial score (nSPS) is 16.3. The zero-order valence-electron chi connectivity index (χ0n) is 13.3. The van der Waals surface area contributed by atoms with Gasteiger partial charge in [-0.3, -0.25) is 4.99 Å². The SMILES string of the molecule is COc1ccc(NC(N)=NCCN(C)C2CCCC2)cc1Cl. The van der Waals surface area contributed by atoms with E-state index < -0.39 is 0 Å². The molecule has 0 heterocycles. The summed E-state index contributed by atoms with van der Waals surface area (Å²) in [4.78, 5) is 6.75. The second kappa shape index (κ2) is 8.25. The largest absolute Gasteiger partial charge is 0.495 e. The quantitative estimate of drug-likeness (QED) is 0.624. The molecule has 1 aliphatic rings. The van der Waals surface area contributed by atoms with Gasteiger partial charge >= 0.3 is 0 Å². The first-order chi connectivity index (χ1) is 10.6. The number of nitrogens with zero attached hydrogens (tertiary/aromatic N) is 2. The summed E-state index contributed by atoms with van der Waals surface area (Å²) >= 11 is 6.08. The van der Waals surface area contributed by atoms with Gasteiger partial charge in [-0.2, -0.15) is 0 Å². The number of likely N-dealkylation sites (N-methyl/N-ethyl adjacent to an activating group) is 1. The van der Waals surface area contributed by atoms with Crippen LogP contribution in [0.15, 0.2) is 23.2 Å². The average molecular weight is 325 g/mol. The number of ether oxygens (including phenoxy) is 1. The van der Waals surface area contributed by atoms with Gasteiger partial charge in [-0.15, -0.1) is 0 Å². The zero-order valence-corrected chi connectivity index (χ0v) is 14.1. The summed E-state index contributed by atoms with van der Waals surface area (Å²) < 4.78 is 5.12. The van der Waals surface area contributed by atoms with Crippen molar-refractivity contribution in [1.82, 2.24) is 4.90 Å². The number of benzene rings is 1. The van der Waals surface area contributed by atoms with Crippen molar-refractivity contribution in [2.45, 2.75) is 31.7 Å². The molecule has 6 heteroatoms. The highest BCUT2D eigenvalue weighted by atomic mass is 35.5. The van der Waals surface area contributed by atoms with E-state index in [9.17, 15) is 0 Å². The lowest BCUT2D eigenvalue weighted by Crippen LogP contribution is -2.32. The highest BCUT2D eigenvalue weighted by Crippen LogP contribution is 2.27. The molecular formula is C16H25ClN4O. The highest BCUT2D eigenvalue weighted by molar-refractivity contribution is 6.32. The molecule has 5 nitrogen and oxygen atoms in total. The Morgan fingerprint density at radius 3 is 2.82 bits per heavy atom. The van der Waals surface area contributed by atoms with Crippen molar-refractivity contribution in [1.29, 1.82) is 0 Å². The number of rotatable bonds is 6. The average Bonchev–Trinajstić information content (AvgIpc) is 3.01. The Balaban J connectivity index is 1.80. The standard InChI is InChI=1S/C16H25ClN4O/c1-21(13-5-3-4-6-13)10-9-19-16(18)20-12-7-8-15(22-2)14(17)11-12/h7-8,11,13H,3-6,9-10H2,1-2H3,(H3,18,19,20). The van der Waals surface area contributed by atoms with Crippen LogP contribution in [0.2, 0.25) is 5.02 Å². The van der Waals surface area contributed by atoms with Gasteiger partial charge in [0.1, 0.15) is 5.75 Å². The molecular weight excluding hydrogens is 300 g/mol. The van der Waals surface area contributed by atoms with Crippen molar-refractivity contribution in [3.8, 4) is 5.75 Å². The van der Waals surface area contributed by atoms with E-state index in [1.807, 2.05) is 6.07 Å². The molecule has 1 aromatic rings. The number of hydrogen-bond acceptors (Lipinski definition) is 3. The smallest absolute Gasteiger partial charge is 0.193 e. The lowest BCUT2D eigenvalue weighted by atomic mass is 10.2. The van der Waals surface area contributed by atoms with Crippen LogP contribution in [0.25, 0.3) is 0 Å². The van der Waals surface area contributed by atoms with Crippen molar-refractivity contribution < 1.29 is 4.74 Å². The van der Waals surface area contributed by atoms with Crippen LogP contribution in [0.5, 0.6) is 5.75 Å². The second-order valence-corrected chi connectivity index (χ2v) is 6.07. The fraction of sp³-hybridized carbons (Fsp3) is 0.562. The topological polar surface area (TPSA) is 62.9 Å². The summed E-state index contributed by atoms with van der Waals surface area (Å²) in [5, 5.41) is 3.59. The van der Waals surface area contributed by atoms with Gasteiger partial charge in [0.05, 0.1) is 18.7 Å². The Morgan fingerprint density at radius 1 is 1.45 bits per heavy atom. The van der Waals surface area contributed by atoms with E-state index in [4.69, 9.17) is 22.1 Å².